The number of aromatic nitrogens is 4. The minimum Gasteiger partial charge on any atom is -0.492 e. The van der Waals surface area contributed by atoms with E-state index in [1.54, 1.807) is 25.2 Å². The molecule has 4 aromatic rings. The van der Waals surface area contributed by atoms with Crippen molar-refractivity contribution >= 4 is 26.6 Å². The highest BCUT2D eigenvalue weighted by molar-refractivity contribution is 7.92. The molecule has 1 unspecified atom stereocenters. The van der Waals surface area contributed by atoms with Crippen LogP contribution in [0.15, 0.2) is 59.8 Å². The van der Waals surface area contributed by atoms with E-state index in [9.17, 15) is 26.7 Å². The number of benzene rings is 2. The summed E-state index contributed by atoms with van der Waals surface area (Å²) in [6.07, 6.45) is -2.86. The molecule has 0 aliphatic heterocycles. The molecule has 0 fully saturated rings. The van der Waals surface area contributed by atoms with E-state index >= 15 is 0 Å². The Morgan fingerprint density at radius 2 is 2.03 bits per heavy atom. The summed E-state index contributed by atoms with van der Waals surface area (Å²) in [6.45, 7) is 0.708. The smallest absolute Gasteiger partial charge is 0.435 e. The van der Waals surface area contributed by atoms with E-state index in [1.807, 2.05) is 0 Å². The molecule has 0 amide bonds. The molecule has 0 aliphatic rings. The van der Waals surface area contributed by atoms with Gasteiger partial charge in [-0.05, 0) is 29.8 Å². The molecular formula is C22H23F3N6O4S. The van der Waals surface area contributed by atoms with Crippen molar-refractivity contribution < 1.29 is 31.4 Å². The molecule has 4 N–H and O–H groups in total. The maximum Gasteiger partial charge on any atom is 0.435 e. The molecule has 2 aromatic heterocycles. The van der Waals surface area contributed by atoms with E-state index in [1.165, 1.54) is 41.3 Å². The zero-order chi connectivity index (χ0) is 25.9. The van der Waals surface area contributed by atoms with Crippen LogP contribution in [0.1, 0.15) is 17.4 Å². The Balaban J connectivity index is 1.26. The number of fused-ring (bicyclic) bond motifs is 1. The molecule has 0 radical (unpaired) electrons. The average Bonchev–Trinajstić information content (AvgIpc) is 3.45. The highest BCUT2D eigenvalue weighted by atomic mass is 32.2. The van der Waals surface area contributed by atoms with E-state index in [4.69, 9.17) is 4.74 Å². The molecule has 2 aromatic carbocycles. The van der Waals surface area contributed by atoms with Gasteiger partial charge in [0.25, 0.3) is 10.0 Å². The number of H-pyrrole nitrogens is 1. The van der Waals surface area contributed by atoms with Crippen molar-refractivity contribution in [1.82, 2.24) is 25.3 Å². The number of aliphatic hydroxyl groups is 1. The SMILES string of the molecule is Cn1cc(S(=O)(=O)Nc2cccc(C(O)CNCCOc3ccc4c(C(F)(F)F)n[nH]c4c3)c2)cn1. The van der Waals surface area contributed by atoms with Crippen molar-refractivity contribution in [2.24, 2.45) is 7.05 Å². The molecule has 0 spiro atoms. The zero-order valence-corrected chi connectivity index (χ0v) is 19.8. The first kappa shape index (κ1) is 25.5. The van der Waals surface area contributed by atoms with Crippen LogP contribution < -0.4 is 14.8 Å². The van der Waals surface area contributed by atoms with E-state index < -0.39 is 28.0 Å². The number of aromatic amines is 1. The zero-order valence-electron chi connectivity index (χ0n) is 19.0. The first-order valence-corrected chi connectivity index (χ1v) is 12.2. The monoisotopic (exact) mass is 524 g/mol. The molecule has 14 heteroatoms. The second-order valence-corrected chi connectivity index (χ2v) is 9.61. The Morgan fingerprint density at radius 3 is 2.75 bits per heavy atom. The molecule has 4 rings (SSSR count). The van der Waals surface area contributed by atoms with Gasteiger partial charge in [-0.1, -0.05) is 12.1 Å². The summed E-state index contributed by atoms with van der Waals surface area (Å²) in [7, 11) is -2.20. The highest BCUT2D eigenvalue weighted by Gasteiger charge is 2.35. The lowest BCUT2D eigenvalue weighted by Crippen LogP contribution is -2.26. The number of rotatable bonds is 10. The van der Waals surface area contributed by atoms with Gasteiger partial charge in [0.1, 0.15) is 17.3 Å². The second-order valence-electron chi connectivity index (χ2n) is 7.93. The van der Waals surface area contributed by atoms with Crippen LogP contribution in [-0.4, -0.2) is 53.2 Å². The Bertz CT molecular complexity index is 1450. The molecule has 0 saturated heterocycles. The topological polar surface area (TPSA) is 134 Å². The standard InChI is InChI=1S/C22H23F3N6O4S/c1-31-13-17(11-27-31)36(33,34)30-15-4-2-3-14(9-15)20(32)12-26-7-8-35-16-5-6-18-19(10-16)28-29-21(18)22(23,24)25/h2-6,9-11,13,20,26,30,32H,7-8,12H2,1H3,(H,28,29). The summed E-state index contributed by atoms with van der Waals surface area (Å²) in [5, 5.41) is 23.0. The fourth-order valence-electron chi connectivity index (χ4n) is 3.46. The van der Waals surface area contributed by atoms with E-state index in [-0.39, 0.29) is 29.0 Å². The summed E-state index contributed by atoms with van der Waals surface area (Å²) >= 11 is 0. The van der Waals surface area contributed by atoms with Crippen molar-refractivity contribution in [3.8, 4) is 5.75 Å². The summed E-state index contributed by atoms with van der Waals surface area (Å²) < 4.78 is 73.1. The van der Waals surface area contributed by atoms with Crippen LogP contribution in [0.5, 0.6) is 5.75 Å². The number of hydrogen-bond donors (Lipinski definition) is 4. The first-order chi connectivity index (χ1) is 17.0. The molecule has 0 aliphatic carbocycles. The second kappa shape index (κ2) is 10.2. The van der Waals surface area contributed by atoms with Gasteiger partial charge in [-0.25, -0.2) is 8.42 Å². The fraction of sp³-hybridized carbons (Fsp3) is 0.273. The van der Waals surface area contributed by atoms with Gasteiger partial charge in [0.2, 0.25) is 0 Å². The number of hydrogen-bond acceptors (Lipinski definition) is 7. The molecular weight excluding hydrogens is 501 g/mol. The number of alkyl halides is 3. The van der Waals surface area contributed by atoms with Crippen molar-refractivity contribution in [2.45, 2.75) is 17.2 Å². The lowest BCUT2D eigenvalue weighted by atomic mass is 10.1. The molecule has 0 bridgehead atoms. The van der Waals surface area contributed by atoms with Crippen LogP contribution in [-0.2, 0) is 23.2 Å². The molecule has 1 atom stereocenters. The molecule has 10 nitrogen and oxygen atoms in total. The van der Waals surface area contributed by atoms with Gasteiger partial charge >= 0.3 is 6.18 Å². The highest BCUT2D eigenvalue weighted by Crippen LogP contribution is 2.34. The lowest BCUT2D eigenvalue weighted by Gasteiger charge is -2.14. The Labute approximate surface area is 204 Å². The van der Waals surface area contributed by atoms with Crippen LogP contribution in [0.25, 0.3) is 10.9 Å². The third-order valence-electron chi connectivity index (χ3n) is 5.20. The van der Waals surface area contributed by atoms with Gasteiger partial charge < -0.3 is 15.2 Å². The van der Waals surface area contributed by atoms with Crippen LogP contribution in [0.2, 0.25) is 0 Å². The summed E-state index contributed by atoms with van der Waals surface area (Å²) in [4.78, 5) is 0.0186. The summed E-state index contributed by atoms with van der Waals surface area (Å²) in [5.41, 5.74) is 0.0254. The number of aryl methyl sites for hydroxylation is 1. The fourth-order valence-corrected chi connectivity index (χ4v) is 4.50. The van der Waals surface area contributed by atoms with Gasteiger partial charge in [0.05, 0.1) is 17.8 Å². The molecule has 2 heterocycles. The van der Waals surface area contributed by atoms with E-state index in [0.29, 0.717) is 23.5 Å². The van der Waals surface area contributed by atoms with Crippen LogP contribution in [0, 0.1) is 0 Å². The largest absolute Gasteiger partial charge is 0.492 e. The molecule has 192 valence electrons. The minimum atomic E-state index is -4.55. The summed E-state index contributed by atoms with van der Waals surface area (Å²) in [6, 6.07) is 10.6. The minimum absolute atomic E-state index is 0.0186. The van der Waals surface area contributed by atoms with E-state index in [2.05, 4.69) is 25.3 Å². The maximum atomic E-state index is 12.9. The number of ether oxygens (including phenoxy) is 1. The van der Waals surface area contributed by atoms with Crippen LogP contribution >= 0.6 is 0 Å². The van der Waals surface area contributed by atoms with Crippen molar-refractivity contribution in [1.29, 1.82) is 0 Å². The average molecular weight is 525 g/mol. The predicted octanol–water partition coefficient (Wildman–Crippen LogP) is 2.82. The van der Waals surface area contributed by atoms with Gasteiger partial charge in [-0.2, -0.15) is 23.4 Å². The number of anilines is 1. The first-order valence-electron chi connectivity index (χ1n) is 10.7. The number of nitrogens with zero attached hydrogens (tertiary/aromatic N) is 3. The normalized spacial score (nSPS) is 13.1. The number of nitrogens with one attached hydrogen (secondary N) is 3. The van der Waals surface area contributed by atoms with Crippen LogP contribution in [0.4, 0.5) is 18.9 Å². The van der Waals surface area contributed by atoms with Crippen molar-refractivity contribution in [3.05, 3.63) is 66.1 Å². The Kier molecular flexibility index (Phi) is 7.19. The van der Waals surface area contributed by atoms with Gasteiger partial charge in [0, 0.05) is 43.5 Å². The van der Waals surface area contributed by atoms with Gasteiger partial charge in [-0.3, -0.25) is 14.5 Å². The molecule has 36 heavy (non-hydrogen) atoms. The van der Waals surface area contributed by atoms with E-state index in [0.717, 1.165) is 0 Å². The maximum absolute atomic E-state index is 12.9. The quantitative estimate of drug-likeness (QED) is 0.234. The summed E-state index contributed by atoms with van der Waals surface area (Å²) in [5.74, 6) is 0.371. The Morgan fingerprint density at radius 1 is 1.22 bits per heavy atom. The number of sulfonamides is 1. The number of aliphatic hydroxyl groups excluding tert-OH is 1. The Hall–Kier alpha value is -3.62. The number of halogens is 3. The molecule has 0 saturated carbocycles. The third kappa shape index (κ3) is 5.95. The third-order valence-corrected chi connectivity index (χ3v) is 6.54. The predicted molar refractivity (Wildman–Crippen MR) is 125 cm³/mol. The van der Waals surface area contributed by atoms with Gasteiger partial charge in [-0.15, -0.1) is 0 Å². The van der Waals surface area contributed by atoms with Crippen LogP contribution in [0.3, 0.4) is 0 Å². The van der Waals surface area contributed by atoms with Gasteiger partial charge in [0.15, 0.2) is 5.69 Å². The lowest BCUT2D eigenvalue weighted by molar-refractivity contribution is -0.139. The van der Waals surface area contributed by atoms with Crippen molar-refractivity contribution in [3.63, 3.8) is 0 Å². The van der Waals surface area contributed by atoms with Crippen molar-refractivity contribution in [2.75, 3.05) is 24.4 Å².